The number of methoxy groups -OCH3 is 1. The number of aromatic nitrogens is 2. The number of fused-ring (bicyclic) bond motifs is 2. The smallest absolute Gasteiger partial charge is 0.418 e. The largest absolute Gasteiger partial charge is 0.493 e. The highest BCUT2D eigenvalue weighted by atomic mass is 32.1. The average Bonchev–Trinajstić information content (AvgIpc) is 3.30. The first-order valence-corrected chi connectivity index (χ1v) is 11.4. The van der Waals surface area contributed by atoms with Crippen LogP contribution in [0.15, 0.2) is 76.1 Å². The van der Waals surface area contributed by atoms with Crippen LogP contribution in [0.4, 0.5) is 18.3 Å². The Morgan fingerprint density at radius 3 is 2.64 bits per heavy atom. The SMILES string of the molecule is COc1cccc2cc(C(=O)N(Cc3ccccn3)c3nc4c(C(F)(F)F)cccc4s3)c(=O)oc12. The number of carbonyl (C=O) groups excluding carboxylic acids is 1. The summed E-state index contributed by atoms with van der Waals surface area (Å²) in [5.41, 5.74) is -1.79. The van der Waals surface area contributed by atoms with E-state index in [4.69, 9.17) is 9.15 Å². The molecule has 7 nitrogen and oxygen atoms in total. The number of rotatable bonds is 5. The van der Waals surface area contributed by atoms with E-state index in [0.29, 0.717) is 16.8 Å². The maximum Gasteiger partial charge on any atom is 0.418 e. The molecule has 11 heteroatoms. The molecule has 0 atom stereocenters. The number of hydrogen-bond donors (Lipinski definition) is 0. The van der Waals surface area contributed by atoms with E-state index < -0.39 is 23.3 Å². The van der Waals surface area contributed by atoms with Gasteiger partial charge in [-0.05, 0) is 36.4 Å². The lowest BCUT2D eigenvalue weighted by molar-refractivity contribution is -0.136. The number of anilines is 1. The first-order valence-electron chi connectivity index (χ1n) is 10.6. The summed E-state index contributed by atoms with van der Waals surface area (Å²) >= 11 is 0.907. The van der Waals surface area contributed by atoms with Gasteiger partial charge in [-0.25, -0.2) is 9.78 Å². The van der Waals surface area contributed by atoms with Crippen molar-refractivity contribution in [3.05, 3.63) is 94.1 Å². The zero-order valence-electron chi connectivity index (χ0n) is 18.6. The van der Waals surface area contributed by atoms with E-state index >= 15 is 0 Å². The van der Waals surface area contributed by atoms with Crippen molar-refractivity contribution >= 4 is 43.6 Å². The van der Waals surface area contributed by atoms with E-state index in [1.54, 1.807) is 36.4 Å². The summed E-state index contributed by atoms with van der Waals surface area (Å²) in [5.74, 6) is -0.466. The van der Waals surface area contributed by atoms with Crippen LogP contribution in [0.2, 0.25) is 0 Å². The van der Waals surface area contributed by atoms with Crippen LogP contribution in [0.3, 0.4) is 0 Å². The van der Waals surface area contributed by atoms with E-state index in [9.17, 15) is 22.8 Å². The van der Waals surface area contributed by atoms with Gasteiger partial charge in [0.2, 0.25) is 0 Å². The fourth-order valence-corrected chi connectivity index (χ4v) is 4.72. The van der Waals surface area contributed by atoms with Gasteiger partial charge in [0.05, 0.1) is 35.1 Å². The van der Waals surface area contributed by atoms with Crippen LogP contribution in [-0.2, 0) is 12.7 Å². The number of hydrogen-bond acceptors (Lipinski definition) is 7. The van der Waals surface area contributed by atoms with Gasteiger partial charge in [-0.3, -0.25) is 14.7 Å². The lowest BCUT2D eigenvalue weighted by Crippen LogP contribution is -2.34. The number of nitrogens with zero attached hydrogens (tertiary/aromatic N) is 3. The van der Waals surface area contributed by atoms with E-state index in [2.05, 4.69) is 9.97 Å². The Kier molecular flexibility index (Phi) is 5.92. The average molecular weight is 511 g/mol. The Bertz CT molecular complexity index is 1650. The van der Waals surface area contributed by atoms with Gasteiger partial charge in [0.15, 0.2) is 16.5 Å². The predicted molar refractivity (Wildman–Crippen MR) is 128 cm³/mol. The second kappa shape index (κ2) is 9.08. The zero-order chi connectivity index (χ0) is 25.4. The molecule has 0 saturated carbocycles. The van der Waals surface area contributed by atoms with Crippen LogP contribution < -0.4 is 15.3 Å². The Labute approximate surface area is 205 Å². The standard InChI is InChI=1S/C25H16F3N3O4S/c1-34-18-9-4-6-14-12-16(23(33)35-21(14)18)22(32)31(13-15-7-2-3-11-29-15)24-30-20-17(25(26,27)28)8-5-10-19(20)36-24/h2-12H,13H2,1H3. The van der Waals surface area contributed by atoms with Gasteiger partial charge in [-0.15, -0.1) is 0 Å². The maximum atomic E-state index is 13.7. The Hall–Kier alpha value is -4.25. The summed E-state index contributed by atoms with van der Waals surface area (Å²) in [7, 11) is 1.42. The number of para-hydroxylation sites is 2. The van der Waals surface area contributed by atoms with Crippen molar-refractivity contribution in [2.45, 2.75) is 12.7 Å². The van der Waals surface area contributed by atoms with Crippen molar-refractivity contribution in [3.63, 3.8) is 0 Å². The van der Waals surface area contributed by atoms with Gasteiger partial charge in [0.1, 0.15) is 5.56 Å². The monoisotopic (exact) mass is 511 g/mol. The van der Waals surface area contributed by atoms with Gasteiger partial charge in [0, 0.05) is 11.6 Å². The summed E-state index contributed by atoms with van der Waals surface area (Å²) in [5, 5.41) is 0.432. The number of carbonyl (C=O) groups is 1. The number of halogens is 3. The second-order valence-corrected chi connectivity index (χ2v) is 8.69. The quantitative estimate of drug-likeness (QED) is 0.283. The van der Waals surface area contributed by atoms with Crippen molar-refractivity contribution in [1.82, 2.24) is 9.97 Å². The van der Waals surface area contributed by atoms with Crippen LogP contribution >= 0.6 is 11.3 Å². The summed E-state index contributed by atoms with van der Waals surface area (Å²) < 4.78 is 51.6. The minimum Gasteiger partial charge on any atom is -0.493 e. The molecule has 0 saturated heterocycles. The molecule has 0 bridgehead atoms. The molecule has 5 rings (SSSR count). The maximum absolute atomic E-state index is 13.7. The molecular weight excluding hydrogens is 495 g/mol. The van der Waals surface area contributed by atoms with Crippen molar-refractivity contribution < 1.29 is 27.1 Å². The lowest BCUT2D eigenvalue weighted by Gasteiger charge is -2.19. The molecule has 182 valence electrons. The summed E-state index contributed by atoms with van der Waals surface area (Å²) in [6.07, 6.45) is -3.10. The molecule has 5 aromatic rings. The van der Waals surface area contributed by atoms with Gasteiger partial charge in [-0.1, -0.05) is 35.6 Å². The summed E-state index contributed by atoms with van der Waals surface area (Å²) in [6, 6.07) is 15.1. The van der Waals surface area contributed by atoms with Crippen LogP contribution in [0.5, 0.6) is 5.75 Å². The normalized spacial score (nSPS) is 11.7. The number of ether oxygens (including phenoxy) is 1. The molecule has 36 heavy (non-hydrogen) atoms. The number of benzene rings is 2. The van der Waals surface area contributed by atoms with E-state index in [-0.39, 0.29) is 33.0 Å². The molecule has 0 N–H and O–H groups in total. The van der Waals surface area contributed by atoms with Crippen molar-refractivity contribution in [1.29, 1.82) is 0 Å². The molecule has 0 fully saturated rings. The highest BCUT2D eigenvalue weighted by Gasteiger charge is 2.35. The Balaban J connectivity index is 1.66. The van der Waals surface area contributed by atoms with Crippen LogP contribution in [0, 0.1) is 0 Å². The third-order valence-electron chi connectivity index (χ3n) is 5.41. The summed E-state index contributed by atoms with van der Waals surface area (Å²) in [4.78, 5) is 36.0. The topological polar surface area (TPSA) is 85.5 Å². The number of pyridine rings is 1. The molecule has 0 spiro atoms. The van der Waals surface area contributed by atoms with Gasteiger partial charge in [0.25, 0.3) is 5.91 Å². The van der Waals surface area contributed by atoms with Crippen LogP contribution in [-0.4, -0.2) is 23.0 Å². The van der Waals surface area contributed by atoms with Crippen molar-refractivity contribution in [3.8, 4) is 5.75 Å². The van der Waals surface area contributed by atoms with E-state index in [1.165, 1.54) is 31.5 Å². The van der Waals surface area contributed by atoms with Crippen LogP contribution in [0.25, 0.3) is 21.2 Å². The van der Waals surface area contributed by atoms with Gasteiger partial charge < -0.3 is 9.15 Å². The predicted octanol–water partition coefficient (Wildman–Crippen LogP) is 5.67. The number of thiazole rings is 1. The molecule has 0 unspecified atom stereocenters. The fourth-order valence-electron chi connectivity index (χ4n) is 3.73. The van der Waals surface area contributed by atoms with E-state index in [1.807, 2.05) is 0 Å². The highest BCUT2D eigenvalue weighted by molar-refractivity contribution is 7.22. The second-order valence-electron chi connectivity index (χ2n) is 7.69. The first kappa shape index (κ1) is 23.5. The van der Waals surface area contributed by atoms with E-state index in [0.717, 1.165) is 22.3 Å². The molecule has 1 amide bonds. The minimum atomic E-state index is -4.63. The molecular formula is C25H16F3N3O4S. The van der Waals surface area contributed by atoms with Crippen LogP contribution in [0.1, 0.15) is 21.6 Å². The first-order chi connectivity index (χ1) is 17.3. The Morgan fingerprint density at radius 1 is 1.11 bits per heavy atom. The Morgan fingerprint density at radius 2 is 1.92 bits per heavy atom. The molecule has 0 aliphatic rings. The van der Waals surface area contributed by atoms with Crippen molar-refractivity contribution in [2.24, 2.45) is 0 Å². The minimum absolute atomic E-state index is 0.0116. The lowest BCUT2D eigenvalue weighted by atomic mass is 10.1. The van der Waals surface area contributed by atoms with Gasteiger partial charge >= 0.3 is 11.8 Å². The van der Waals surface area contributed by atoms with Gasteiger partial charge in [-0.2, -0.15) is 13.2 Å². The fraction of sp³-hybridized carbons (Fsp3) is 0.120. The highest BCUT2D eigenvalue weighted by Crippen LogP contribution is 2.39. The summed E-state index contributed by atoms with van der Waals surface area (Å²) in [6.45, 7) is -0.129. The molecule has 0 aliphatic carbocycles. The third-order valence-corrected chi connectivity index (χ3v) is 6.45. The number of alkyl halides is 3. The zero-order valence-corrected chi connectivity index (χ0v) is 19.4. The molecule has 0 radical (unpaired) electrons. The number of amides is 1. The molecule has 3 heterocycles. The molecule has 0 aliphatic heterocycles. The third kappa shape index (κ3) is 4.29. The molecule has 2 aromatic carbocycles. The molecule has 3 aromatic heterocycles. The van der Waals surface area contributed by atoms with Crippen molar-refractivity contribution in [2.75, 3.05) is 12.0 Å².